The van der Waals surface area contributed by atoms with Crippen LogP contribution in [0.25, 0.3) is 0 Å². The van der Waals surface area contributed by atoms with Gasteiger partial charge in [-0.1, -0.05) is 13.0 Å². The summed E-state index contributed by atoms with van der Waals surface area (Å²) in [6, 6.07) is 9.20. The Morgan fingerprint density at radius 3 is 2.60 bits per heavy atom. The van der Waals surface area contributed by atoms with E-state index in [4.69, 9.17) is 4.74 Å². The lowest BCUT2D eigenvalue weighted by atomic mass is 9.99. The number of aromatic nitrogens is 1. The maximum absolute atomic E-state index is 13.7. The lowest BCUT2D eigenvalue weighted by Gasteiger charge is -2.18. The normalized spacial score (nSPS) is 12.2. The molecule has 1 aromatic heterocycles. The fourth-order valence-corrected chi connectivity index (χ4v) is 2.22. The molecule has 0 aliphatic heterocycles. The topological polar surface area (TPSA) is 34.1 Å². The van der Waals surface area contributed by atoms with E-state index in [2.05, 4.69) is 17.2 Å². The van der Waals surface area contributed by atoms with E-state index >= 15 is 0 Å². The van der Waals surface area contributed by atoms with E-state index < -0.39 is 0 Å². The third kappa shape index (κ3) is 3.54. The summed E-state index contributed by atoms with van der Waals surface area (Å²) in [7, 11) is 1.47. The monoisotopic (exact) mass is 274 g/mol. The van der Waals surface area contributed by atoms with Crippen LogP contribution in [-0.4, -0.2) is 18.6 Å². The van der Waals surface area contributed by atoms with Crippen LogP contribution in [0.15, 0.2) is 42.7 Å². The minimum absolute atomic E-state index is 0.149. The Hall–Kier alpha value is -1.94. The van der Waals surface area contributed by atoms with Gasteiger partial charge >= 0.3 is 0 Å². The zero-order valence-corrected chi connectivity index (χ0v) is 11.8. The largest absolute Gasteiger partial charge is 0.494 e. The molecule has 2 rings (SSSR count). The molecule has 0 aliphatic rings. The summed E-state index contributed by atoms with van der Waals surface area (Å²) in [5.74, 6) is -0.0485. The van der Waals surface area contributed by atoms with Crippen LogP contribution in [0.1, 0.15) is 24.1 Å². The number of benzene rings is 1. The van der Waals surface area contributed by atoms with Gasteiger partial charge in [0.15, 0.2) is 11.6 Å². The van der Waals surface area contributed by atoms with Crippen LogP contribution in [0.3, 0.4) is 0 Å². The van der Waals surface area contributed by atoms with E-state index in [9.17, 15) is 4.39 Å². The molecule has 4 heteroatoms. The van der Waals surface area contributed by atoms with Crippen molar-refractivity contribution in [1.29, 1.82) is 0 Å². The lowest BCUT2D eigenvalue weighted by molar-refractivity contribution is 0.386. The average Bonchev–Trinajstić information content (AvgIpc) is 2.48. The summed E-state index contributed by atoms with van der Waals surface area (Å²) >= 11 is 0. The Morgan fingerprint density at radius 2 is 2.00 bits per heavy atom. The van der Waals surface area contributed by atoms with Crippen molar-refractivity contribution in [2.45, 2.75) is 19.4 Å². The van der Waals surface area contributed by atoms with Crippen molar-refractivity contribution in [2.75, 3.05) is 13.7 Å². The first-order valence-corrected chi connectivity index (χ1v) is 6.70. The quantitative estimate of drug-likeness (QED) is 0.878. The maximum Gasteiger partial charge on any atom is 0.165 e. The number of likely N-dealkylation sites (N-methyl/N-ethyl adjacent to an activating group) is 1. The van der Waals surface area contributed by atoms with Crippen molar-refractivity contribution in [3.05, 3.63) is 59.7 Å². The molecule has 1 heterocycles. The molecule has 0 fully saturated rings. The van der Waals surface area contributed by atoms with E-state index in [1.54, 1.807) is 18.5 Å². The van der Waals surface area contributed by atoms with Crippen LogP contribution < -0.4 is 10.1 Å². The Balaban J connectivity index is 2.18. The fraction of sp³-hybridized carbons (Fsp3) is 0.312. The molecule has 0 bridgehead atoms. The smallest absolute Gasteiger partial charge is 0.165 e. The first-order valence-electron chi connectivity index (χ1n) is 6.70. The lowest BCUT2D eigenvalue weighted by Crippen LogP contribution is -2.23. The molecule has 1 atom stereocenters. The number of methoxy groups -OCH3 is 1. The second-order valence-electron chi connectivity index (χ2n) is 4.56. The zero-order valence-electron chi connectivity index (χ0n) is 11.8. The molecular formula is C16H19FN2O. The molecule has 0 saturated heterocycles. The molecule has 3 nitrogen and oxygen atoms in total. The molecule has 1 aromatic carbocycles. The van der Waals surface area contributed by atoms with Crippen LogP contribution in [0, 0.1) is 5.82 Å². The van der Waals surface area contributed by atoms with Gasteiger partial charge in [0, 0.05) is 18.4 Å². The van der Waals surface area contributed by atoms with E-state index in [1.165, 1.54) is 13.2 Å². The summed E-state index contributed by atoms with van der Waals surface area (Å²) in [6.45, 7) is 2.91. The zero-order chi connectivity index (χ0) is 14.4. The maximum atomic E-state index is 13.7. The van der Waals surface area contributed by atoms with Crippen LogP contribution in [0.2, 0.25) is 0 Å². The van der Waals surface area contributed by atoms with Crippen LogP contribution in [0.4, 0.5) is 4.39 Å². The van der Waals surface area contributed by atoms with Gasteiger partial charge in [-0.15, -0.1) is 0 Å². The molecule has 1 N–H and O–H groups in total. The number of nitrogens with zero attached hydrogens (tertiary/aromatic N) is 1. The molecule has 0 aliphatic carbocycles. The fourth-order valence-electron chi connectivity index (χ4n) is 2.22. The summed E-state index contributed by atoms with van der Waals surface area (Å²) in [5, 5.41) is 3.41. The molecule has 106 valence electrons. The number of ether oxygens (including phenoxy) is 1. The number of rotatable bonds is 6. The molecular weight excluding hydrogens is 255 g/mol. The Bertz CT molecular complexity index is 545. The van der Waals surface area contributed by atoms with E-state index in [-0.39, 0.29) is 17.6 Å². The van der Waals surface area contributed by atoms with E-state index in [0.29, 0.717) is 0 Å². The van der Waals surface area contributed by atoms with Crippen molar-refractivity contribution < 1.29 is 9.13 Å². The molecule has 0 spiro atoms. The van der Waals surface area contributed by atoms with Gasteiger partial charge in [-0.05, 0) is 48.4 Å². The summed E-state index contributed by atoms with van der Waals surface area (Å²) in [4.78, 5) is 4.03. The number of pyridine rings is 1. The number of hydrogen-bond donors (Lipinski definition) is 1. The molecule has 1 unspecified atom stereocenters. The Kier molecular flexibility index (Phi) is 5.07. The van der Waals surface area contributed by atoms with Crippen molar-refractivity contribution in [1.82, 2.24) is 10.3 Å². The van der Waals surface area contributed by atoms with Gasteiger partial charge in [-0.25, -0.2) is 4.39 Å². The third-order valence-corrected chi connectivity index (χ3v) is 3.22. The van der Waals surface area contributed by atoms with Crippen molar-refractivity contribution in [3.8, 4) is 5.75 Å². The predicted octanol–water partition coefficient (Wildman–Crippen LogP) is 3.12. The Labute approximate surface area is 118 Å². The third-order valence-electron chi connectivity index (χ3n) is 3.22. The first kappa shape index (κ1) is 14.5. The van der Waals surface area contributed by atoms with Gasteiger partial charge < -0.3 is 10.1 Å². The highest BCUT2D eigenvalue weighted by molar-refractivity contribution is 5.30. The average molecular weight is 274 g/mol. The Morgan fingerprint density at radius 1 is 1.25 bits per heavy atom. The SMILES string of the molecule is CCNC(Cc1ccc(OC)c(F)c1)c1ccncc1. The standard InChI is InChI=1S/C16H19FN2O/c1-3-19-15(13-6-8-18-9-7-13)11-12-4-5-16(20-2)14(17)10-12/h4-10,15,19H,3,11H2,1-2H3. The minimum atomic E-state index is -0.324. The number of halogens is 1. The van der Waals surface area contributed by atoms with E-state index in [1.807, 2.05) is 18.2 Å². The van der Waals surface area contributed by atoms with Crippen molar-refractivity contribution in [3.63, 3.8) is 0 Å². The van der Waals surface area contributed by atoms with Crippen LogP contribution in [0.5, 0.6) is 5.75 Å². The van der Waals surface area contributed by atoms with Gasteiger partial charge in [0.25, 0.3) is 0 Å². The van der Waals surface area contributed by atoms with Crippen LogP contribution >= 0.6 is 0 Å². The summed E-state index contributed by atoms with van der Waals surface area (Å²) in [6.07, 6.45) is 4.27. The molecule has 2 aromatic rings. The molecule has 0 amide bonds. The highest BCUT2D eigenvalue weighted by atomic mass is 19.1. The first-order chi connectivity index (χ1) is 9.74. The van der Waals surface area contributed by atoms with E-state index in [0.717, 1.165) is 24.1 Å². The minimum Gasteiger partial charge on any atom is -0.494 e. The van der Waals surface area contributed by atoms with Gasteiger partial charge in [-0.2, -0.15) is 0 Å². The number of hydrogen-bond acceptors (Lipinski definition) is 3. The van der Waals surface area contributed by atoms with Gasteiger partial charge in [0.1, 0.15) is 0 Å². The van der Waals surface area contributed by atoms with Gasteiger partial charge in [0.2, 0.25) is 0 Å². The van der Waals surface area contributed by atoms with Crippen molar-refractivity contribution >= 4 is 0 Å². The molecule has 0 radical (unpaired) electrons. The highest BCUT2D eigenvalue weighted by Crippen LogP contribution is 2.22. The summed E-state index contributed by atoms with van der Waals surface area (Å²) < 4.78 is 18.7. The van der Waals surface area contributed by atoms with Crippen LogP contribution in [-0.2, 0) is 6.42 Å². The second-order valence-corrected chi connectivity index (χ2v) is 4.56. The summed E-state index contributed by atoms with van der Waals surface area (Å²) in [5.41, 5.74) is 2.09. The van der Waals surface area contributed by atoms with Gasteiger partial charge in [-0.3, -0.25) is 4.98 Å². The second kappa shape index (κ2) is 7.01. The number of nitrogens with one attached hydrogen (secondary N) is 1. The highest BCUT2D eigenvalue weighted by Gasteiger charge is 2.12. The molecule has 0 saturated carbocycles. The predicted molar refractivity (Wildman–Crippen MR) is 77.3 cm³/mol. The van der Waals surface area contributed by atoms with Crippen molar-refractivity contribution in [2.24, 2.45) is 0 Å². The molecule has 20 heavy (non-hydrogen) atoms. The van der Waals surface area contributed by atoms with Gasteiger partial charge in [0.05, 0.1) is 7.11 Å².